The summed E-state index contributed by atoms with van der Waals surface area (Å²) in [5, 5.41) is 12.2. The van der Waals surface area contributed by atoms with Crippen LogP contribution < -0.4 is 11.1 Å². The van der Waals surface area contributed by atoms with E-state index in [-0.39, 0.29) is 5.56 Å². The molecule has 0 bridgehead atoms. The van der Waals surface area contributed by atoms with Crippen LogP contribution in [0.25, 0.3) is 0 Å². The first-order valence-corrected chi connectivity index (χ1v) is 6.98. The van der Waals surface area contributed by atoms with Crippen LogP contribution in [-0.4, -0.2) is 42.2 Å². The molecule has 0 radical (unpaired) electrons. The first-order valence-electron chi connectivity index (χ1n) is 6.98. The summed E-state index contributed by atoms with van der Waals surface area (Å²) in [7, 11) is 2.12. The van der Waals surface area contributed by atoms with Gasteiger partial charge in [-0.3, -0.25) is 0 Å². The van der Waals surface area contributed by atoms with Crippen LogP contribution >= 0.6 is 0 Å². The molecule has 20 heavy (non-hydrogen) atoms. The van der Waals surface area contributed by atoms with Crippen molar-refractivity contribution in [3.05, 3.63) is 23.8 Å². The molecular weight excluding hydrogens is 254 g/mol. The summed E-state index contributed by atoms with van der Waals surface area (Å²) in [6.45, 7) is 6.26. The van der Waals surface area contributed by atoms with Gasteiger partial charge in [-0.05, 0) is 58.5 Å². The van der Waals surface area contributed by atoms with Gasteiger partial charge < -0.3 is 21.1 Å². The van der Waals surface area contributed by atoms with Crippen molar-refractivity contribution in [2.45, 2.75) is 32.7 Å². The lowest BCUT2D eigenvalue weighted by Crippen LogP contribution is -2.27. The van der Waals surface area contributed by atoms with Crippen molar-refractivity contribution in [2.75, 3.05) is 31.2 Å². The molecule has 0 aliphatic carbocycles. The number of nitrogen functional groups attached to an aromatic ring is 1. The van der Waals surface area contributed by atoms with Crippen molar-refractivity contribution >= 4 is 17.3 Å². The standard InChI is InChI=1S/C15H25N3O2/c1-11(2)18(3)9-5-4-8-17-12-6-7-14(16)13(10-12)15(19)20/h6-7,10-11,17H,4-5,8-9,16H2,1-3H3,(H,19,20). The summed E-state index contributed by atoms with van der Waals surface area (Å²) in [6, 6.07) is 5.58. The molecule has 1 rings (SSSR count). The molecule has 0 aromatic heterocycles. The van der Waals surface area contributed by atoms with E-state index in [4.69, 9.17) is 10.8 Å². The van der Waals surface area contributed by atoms with Crippen molar-refractivity contribution in [1.29, 1.82) is 0 Å². The average molecular weight is 279 g/mol. The van der Waals surface area contributed by atoms with Crippen LogP contribution in [0.15, 0.2) is 18.2 Å². The highest BCUT2D eigenvalue weighted by atomic mass is 16.4. The highest BCUT2D eigenvalue weighted by Gasteiger charge is 2.08. The van der Waals surface area contributed by atoms with E-state index in [0.717, 1.165) is 31.6 Å². The van der Waals surface area contributed by atoms with Gasteiger partial charge in [0.1, 0.15) is 0 Å². The van der Waals surface area contributed by atoms with E-state index in [1.807, 2.05) is 6.07 Å². The lowest BCUT2D eigenvalue weighted by Gasteiger charge is -2.20. The Balaban J connectivity index is 2.36. The fraction of sp³-hybridized carbons (Fsp3) is 0.533. The van der Waals surface area contributed by atoms with Crippen LogP contribution in [-0.2, 0) is 0 Å². The summed E-state index contributed by atoms with van der Waals surface area (Å²) in [6.07, 6.45) is 2.16. The molecule has 0 unspecified atom stereocenters. The number of aromatic carboxylic acids is 1. The molecule has 0 spiro atoms. The van der Waals surface area contributed by atoms with Crippen molar-refractivity contribution in [1.82, 2.24) is 4.90 Å². The number of anilines is 2. The van der Waals surface area contributed by atoms with Crippen molar-refractivity contribution < 1.29 is 9.90 Å². The molecule has 0 atom stereocenters. The predicted molar refractivity (Wildman–Crippen MR) is 83.3 cm³/mol. The summed E-state index contributed by atoms with van der Waals surface area (Å²) in [5.74, 6) is -0.996. The van der Waals surface area contributed by atoms with Gasteiger partial charge in [-0.25, -0.2) is 4.79 Å². The van der Waals surface area contributed by atoms with Gasteiger partial charge in [0, 0.05) is 24.0 Å². The van der Waals surface area contributed by atoms with Crippen LogP contribution in [0.3, 0.4) is 0 Å². The van der Waals surface area contributed by atoms with Gasteiger partial charge in [-0.1, -0.05) is 0 Å². The number of hydrogen-bond acceptors (Lipinski definition) is 4. The maximum atomic E-state index is 11.0. The van der Waals surface area contributed by atoms with E-state index in [1.54, 1.807) is 12.1 Å². The van der Waals surface area contributed by atoms with E-state index in [1.165, 1.54) is 0 Å². The second-order valence-corrected chi connectivity index (χ2v) is 5.32. The smallest absolute Gasteiger partial charge is 0.337 e. The predicted octanol–water partition coefficient (Wildman–Crippen LogP) is 2.50. The van der Waals surface area contributed by atoms with Gasteiger partial charge in [-0.2, -0.15) is 0 Å². The number of nitrogens with one attached hydrogen (secondary N) is 1. The normalized spacial score (nSPS) is 11.1. The fourth-order valence-corrected chi connectivity index (χ4v) is 1.83. The number of nitrogens with two attached hydrogens (primary N) is 1. The van der Waals surface area contributed by atoms with E-state index in [9.17, 15) is 4.79 Å². The van der Waals surface area contributed by atoms with Crippen LogP contribution in [0.1, 0.15) is 37.0 Å². The van der Waals surface area contributed by atoms with E-state index in [2.05, 4.69) is 31.1 Å². The molecule has 5 heteroatoms. The molecule has 0 saturated carbocycles. The van der Waals surface area contributed by atoms with E-state index in [0.29, 0.717) is 11.7 Å². The maximum absolute atomic E-state index is 11.0. The highest BCUT2D eigenvalue weighted by Crippen LogP contribution is 2.17. The summed E-state index contributed by atoms with van der Waals surface area (Å²) in [5.41, 5.74) is 6.85. The van der Waals surface area contributed by atoms with Crippen molar-refractivity contribution in [3.63, 3.8) is 0 Å². The zero-order valence-electron chi connectivity index (χ0n) is 12.5. The van der Waals surface area contributed by atoms with Gasteiger partial charge in [0.15, 0.2) is 0 Å². The number of unbranched alkanes of at least 4 members (excludes halogenated alkanes) is 1. The van der Waals surface area contributed by atoms with Crippen LogP contribution in [0.5, 0.6) is 0 Å². The number of hydrogen-bond donors (Lipinski definition) is 3. The molecule has 0 fully saturated rings. The van der Waals surface area contributed by atoms with Gasteiger partial charge >= 0.3 is 5.97 Å². The Labute approximate surface area is 120 Å². The minimum Gasteiger partial charge on any atom is -0.478 e. The molecule has 1 aromatic carbocycles. The van der Waals surface area contributed by atoms with Gasteiger partial charge in [0.25, 0.3) is 0 Å². The largest absolute Gasteiger partial charge is 0.478 e. The quantitative estimate of drug-likeness (QED) is 0.503. The van der Waals surface area contributed by atoms with Gasteiger partial charge in [-0.15, -0.1) is 0 Å². The van der Waals surface area contributed by atoms with E-state index >= 15 is 0 Å². The third-order valence-corrected chi connectivity index (χ3v) is 3.43. The number of benzene rings is 1. The molecule has 1 aromatic rings. The Morgan fingerprint density at radius 1 is 1.40 bits per heavy atom. The van der Waals surface area contributed by atoms with Crippen molar-refractivity contribution in [3.8, 4) is 0 Å². The Morgan fingerprint density at radius 3 is 2.70 bits per heavy atom. The zero-order chi connectivity index (χ0) is 15.1. The highest BCUT2D eigenvalue weighted by molar-refractivity contribution is 5.94. The van der Waals surface area contributed by atoms with E-state index < -0.39 is 5.97 Å². The summed E-state index contributed by atoms with van der Waals surface area (Å²) in [4.78, 5) is 13.3. The fourth-order valence-electron chi connectivity index (χ4n) is 1.83. The first-order chi connectivity index (χ1) is 9.41. The second-order valence-electron chi connectivity index (χ2n) is 5.32. The average Bonchev–Trinajstić information content (AvgIpc) is 2.39. The third kappa shape index (κ3) is 5.09. The number of carbonyl (C=O) groups is 1. The van der Waals surface area contributed by atoms with Crippen LogP contribution in [0.4, 0.5) is 11.4 Å². The number of nitrogens with zero attached hydrogens (tertiary/aromatic N) is 1. The van der Waals surface area contributed by atoms with Crippen LogP contribution in [0.2, 0.25) is 0 Å². The van der Waals surface area contributed by atoms with Crippen LogP contribution in [0, 0.1) is 0 Å². The molecule has 112 valence electrons. The molecule has 0 aliphatic heterocycles. The topological polar surface area (TPSA) is 78.6 Å². The maximum Gasteiger partial charge on any atom is 0.337 e. The number of carboxylic acids is 1. The Kier molecular flexibility index (Phi) is 6.31. The number of carboxylic acid groups (broad SMARTS) is 1. The minimum absolute atomic E-state index is 0.148. The molecule has 0 heterocycles. The third-order valence-electron chi connectivity index (χ3n) is 3.43. The molecule has 5 nitrogen and oxygen atoms in total. The minimum atomic E-state index is -0.996. The number of rotatable bonds is 8. The molecule has 0 aliphatic rings. The molecular formula is C15H25N3O2. The molecule has 0 amide bonds. The van der Waals surface area contributed by atoms with Crippen molar-refractivity contribution in [2.24, 2.45) is 0 Å². The zero-order valence-corrected chi connectivity index (χ0v) is 12.5. The van der Waals surface area contributed by atoms with Gasteiger partial charge in [0.05, 0.1) is 5.56 Å². The molecule has 4 N–H and O–H groups in total. The second kappa shape index (κ2) is 7.75. The Hall–Kier alpha value is -1.75. The van der Waals surface area contributed by atoms with Gasteiger partial charge in [0.2, 0.25) is 0 Å². The lowest BCUT2D eigenvalue weighted by atomic mass is 10.1. The monoisotopic (exact) mass is 279 g/mol. The Bertz CT molecular complexity index is 447. The Morgan fingerprint density at radius 2 is 2.10 bits per heavy atom. The SMILES string of the molecule is CC(C)N(C)CCCCNc1ccc(N)c(C(=O)O)c1. The lowest BCUT2D eigenvalue weighted by molar-refractivity contribution is 0.0698. The summed E-state index contributed by atoms with van der Waals surface area (Å²) >= 11 is 0. The molecule has 0 saturated heterocycles. The first kappa shape index (κ1) is 16.3. The summed E-state index contributed by atoms with van der Waals surface area (Å²) < 4.78 is 0.